The van der Waals surface area contributed by atoms with E-state index in [2.05, 4.69) is 4.57 Å². The number of primary amides is 1. The van der Waals surface area contributed by atoms with Crippen LogP contribution in [-0.2, 0) is 0 Å². The van der Waals surface area contributed by atoms with Crippen LogP contribution in [-0.4, -0.2) is 10.5 Å². The van der Waals surface area contributed by atoms with Crippen LogP contribution in [0.1, 0.15) is 62.4 Å². The molecule has 0 atom stereocenters. The van der Waals surface area contributed by atoms with Crippen molar-refractivity contribution in [2.75, 3.05) is 0 Å². The fraction of sp³-hybridized carbons (Fsp3) is 0.471. The van der Waals surface area contributed by atoms with E-state index in [4.69, 9.17) is 5.73 Å². The molecule has 3 rings (SSSR count). The first-order valence-corrected chi connectivity index (χ1v) is 7.76. The minimum Gasteiger partial charge on any atom is -0.366 e. The molecular formula is C17H23FN2O. The lowest BCUT2D eigenvalue weighted by molar-refractivity contribution is 0.100. The Labute approximate surface area is 124 Å². The molecule has 1 saturated carbocycles. The Morgan fingerprint density at radius 1 is 1.24 bits per heavy atom. The average Bonchev–Trinajstić information content (AvgIpc) is 2.89. The zero-order valence-corrected chi connectivity index (χ0v) is 12.7. The lowest BCUT2D eigenvalue weighted by Gasteiger charge is -2.24. The topological polar surface area (TPSA) is 48.0 Å². The zero-order valence-electron chi connectivity index (χ0n) is 12.7. The number of halogens is 1. The Hall–Kier alpha value is -1.84. The molecule has 21 heavy (non-hydrogen) atoms. The van der Waals surface area contributed by atoms with E-state index < -0.39 is 5.91 Å². The van der Waals surface area contributed by atoms with Gasteiger partial charge in [0.25, 0.3) is 5.91 Å². The number of carbonyl (C=O) groups is 1. The average molecular weight is 290 g/mol. The number of nitrogens with zero attached hydrogens (tertiary/aromatic N) is 1. The molecule has 1 amide bonds. The van der Waals surface area contributed by atoms with Gasteiger partial charge in [0.15, 0.2) is 0 Å². The van der Waals surface area contributed by atoms with Gasteiger partial charge >= 0.3 is 0 Å². The number of benzene rings is 1. The fourth-order valence-electron chi connectivity index (χ4n) is 3.08. The number of nitrogens with two attached hydrogens (primary N) is 1. The highest BCUT2D eigenvalue weighted by molar-refractivity contribution is 6.06. The van der Waals surface area contributed by atoms with Crippen LogP contribution < -0.4 is 5.73 Å². The Morgan fingerprint density at radius 2 is 1.90 bits per heavy atom. The first kappa shape index (κ1) is 15.5. The lowest BCUT2D eigenvalue weighted by Crippen LogP contribution is -2.13. The van der Waals surface area contributed by atoms with Crippen LogP contribution in [0.2, 0.25) is 0 Å². The highest BCUT2D eigenvalue weighted by atomic mass is 19.1. The number of aromatic nitrogens is 1. The van der Waals surface area contributed by atoms with Crippen molar-refractivity contribution in [2.24, 2.45) is 5.73 Å². The monoisotopic (exact) mass is 290 g/mol. The largest absolute Gasteiger partial charge is 0.366 e. The van der Waals surface area contributed by atoms with Gasteiger partial charge in [0.1, 0.15) is 5.82 Å². The van der Waals surface area contributed by atoms with Crippen LogP contribution in [0.4, 0.5) is 4.39 Å². The summed E-state index contributed by atoms with van der Waals surface area (Å²) >= 11 is 0. The minimum absolute atomic E-state index is 0.337. The van der Waals surface area contributed by atoms with Crippen molar-refractivity contribution in [3.63, 3.8) is 0 Å². The van der Waals surface area contributed by atoms with E-state index in [0.29, 0.717) is 17.0 Å². The van der Waals surface area contributed by atoms with E-state index in [-0.39, 0.29) is 5.82 Å². The SMILES string of the molecule is CC.NC(=O)c1cn(C2CCCCC2)c2ccc(F)cc12. The standard InChI is InChI=1S/C15H17FN2O.C2H6/c16-10-6-7-14-12(8-10)13(15(17)19)9-18(14)11-4-2-1-3-5-11;1-2/h6-9,11H,1-5H2,(H2,17,19);1-2H3. The van der Waals surface area contributed by atoms with Crippen molar-refractivity contribution >= 4 is 16.8 Å². The van der Waals surface area contributed by atoms with Crippen molar-refractivity contribution in [2.45, 2.75) is 52.0 Å². The molecule has 0 aliphatic heterocycles. The van der Waals surface area contributed by atoms with Crippen molar-refractivity contribution in [3.8, 4) is 0 Å². The van der Waals surface area contributed by atoms with Gasteiger partial charge in [-0.1, -0.05) is 33.1 Å². The van der Waals surface area contributed by atoms with Gasteiger partial charge in [0, 0.05) is 23.1 Å². The van der Waals surface area contributed by atoms with Crippen molar-refractivity contribution in [3.05, 3.63) is 35.8 Å². The van der Waals surface area contributed by atoms with Crippen LogP contribution in [0.5, 0.6) is 0 Å². The van der Waals surface area contributed by atoms with E-state index in [0.717, 1.165) is 18.4 Å². The highest BCUT2D eigenvalue weighted by Crippen LogP contribution is 2.33. The van der Waals surface area contributed by atoms with E-state index in [1.54, 1.807) is 12.3 Å². The summed E-state index contributed by atoms with van der Waals surface area (Å²) in [6.45, 7) is 4.00. The Morgan fingerprint density at radius 3 is 2.52 bits per heavy atom. The fourth-order valence-corrected chi connectivity index (χ4v) is 3.08. The number of hydrogen-bond donors (Lipinski definition) is 1. The summed E-state index contributed by atoms with van der Waals surface area (Å²) < 4.78 is 15.5. The summed E-state index contributed by atoms with van der Waals surface area (Å²) in [4.78, 5) is 11.5. The first-order chi connectivity index (χ1) is 10.2. The second-order valence-electron chi connectivity index (χ2n) is 5.27. The van der Waals surface area contributed by atoms with Gasteiger partial charge in [-0.25, -0.2) is 4.39 Å². The molecule has 1 aliphatic rings. The molecule has 0 radical (unpaired) electrons. The molecule has 1 aliphatic carbocycles. The van der Waals surface area contributed by atoms with Gasteiger partial charge in [0.2, 0.25) is 0 Å². The maximum absolute atomic E-state index is 13.4. The third-order valence-electron chi connectivity index (χ3n) is 4.03. The van der Waals surface area contributed by atoms with Gasteiger partial charge in [-0.2, -0.15) is 0 Å². The molecular weight excluding hydrogens is 267 g/mol. The molecule has 1 fully saturated rings. The van der Waals surface area contributed by atoms with E-state index in [9.17, 15) is 9.18 Å². The van der Waals surface area contributed by atoms with Gasteiger partial charge in [-0.05, 0) is 31.0 Å². The summed E-state index contributed by atoms with van der Waals surface area (Å²) in [6.07, 6.45) is 7.70. The number of hydrogen-bond acceptors (Lipinski definition) is 1. The van der Waals surface area contributed by atoms with Crippen LogP contribution in [0, 0.1) is 5.82 Å². The molecule has 0 spiro atoms. The lowest BCUT2D eigenvalue weighted by atomic mass is 9.95. The van der Waals surface area contributed by atoms with Crippen LogP contribution in [0.3, 0.4) is 0 Å². The summed E-state index contributed by atoms with van der Waals surface area (Å²) in [5, 5.41) is 0.623. The molecule has 1 aromatic carbocycles. The molecule has 4 heteroatoms. The highest BCUT2D eigenvalue weighted by Gasteiger charge is 2.20. The van der Waals surface area contributed by atoms with E-state index in [1.807, 2.05) is 13.8 Å². The Balaban J connectivity index is 0.000000774. The number of carbonyl (C=O) groups excluding carboxylic acids is 1. The predicted octanol–water partition coefficient (Wildman–Crippen LogP) is 4.41. The van der Waals surface area contributed by atoms with Crippen LogP contribution in [0.25, 0.3) is 10.9 Å². The Kier molecular flexibility index (Phi) is 4.99. The maximum atomic E-state index is 13.4. The van der Waals surface area contributed by atoms with Gasteiger partial charge in [-0.3, -0.25) is 4.79 Å². The van der Waals surface area contributed by atoms with Crippen LogP contribution in [0.15, 0.2) is 24.4 Å². The quantitative estimate of drug-likeness (QED) is 0.875. The summed E-state index contributed by atoms with van der Waals surface area (Å²) in [6, 6.07) is 4.97. The molecule has 0 bridgehead atoms. The molecule has 2 N–H and O–H groups in total. The molecule has 1 heterocycles. The molecule has 114 valence electrons. The summed E-state index contributed by atoms with van der Waals surface area (Å²) in [7, 11) is 0. The third kappa shape index (κ3) is 3.09. The van der Waals surface area contributed by atoms with Gasteiger partial charge < -0.3 is 10.3 Å². The number of rotatable bonds is 2. The minimum atomic E-state index is -0.495. The first-order valence-electron chi connectivity index (χ1n) is 7.76. The second-order valence-corrected chi connectivity index (χ2v) is 5.27. The third-order valence-corrected chi connectivity index (χ3v) is 4.03. The van der Waals surface area contributed by atoms with E-state index >= 15 is 0 Å². The van der Waals surface area contributed by atoms with Gasteiger partial charge in [-0.15, -0.1) is 0 Å². The van der Waals surface area contributed by atoms with Crippen molar-refractivity contribution < 1.29 is 9.18 Å². The zero-order chi connectivity index (χ0) is 15.4. The van der Waals surface area contributed by atoms with Crippen LogP contribution >= 0.6 is 0 Å². The molecule has 1 aromatic heterocycles. The smallest absolute Gasteiger partial charge is 0.250 e. The molecule has 0 saturated heterocycles. The molecule has 2 aromatic rings. The van der Waals surface area contributed by atoms with Gasteiger partial charge in [0.05, 0.1) is 5.56 Å². The summed E-state index contributed by atoms with van der Waals surface area (Å²) in [5.41, 5.74) is 6.72. The molecule has 3 nitrogen and oxygen atoms in total. The van der Waals surface area contributed by atoms with Crippen molar-refractivity contribution in [1.29, 1.82) is 0 Å². The Bertz CT molecular complexity index is 627. The predicted molar refractivity (Wildman–Crippen MR) is 83.9 cm³/mol. The van der Waals surface area contributed by atoms with E-state index in [1.165, 1.54) is 31.4 Å². The second kappa shape index (κ2) is 6.74. The maximum Gasteiger partial charge on any atom is 0.250 e. The number of amides is 1. The normalized spacial score (nSPS) is 15.6. The molecule has 0 unspecified atom stereocenters. The summed E-state index contributed by atoms with van der Waals surface area (Å²) in [5.74, 6) is -0.832. The van der Waals surface area contributed by atoms with Crippen molar-refractivity contribution in [1.82, 2.24) is 4.57 Å². The number of fused-ring (bicyclic) bond motifs is 1.